The Morgan fingerprint density at radius 3 is 2.42 bits per heavy atom. The number of allylic oxidation sites excluding steroid dienone is 1. The van der Waals surface area contributed by atoms with E-state index in [0.29, 0.717) is 0 Å². The third-order valence-corrected chi connectivity index (χ3v) is 3.09. The fraction of sp³-hybridized carbons (Fsp3) is 0.500. The highest BCUT2D eigenvalue weighted by Gasteiger charge is 2.14. The van der Waals surface area contributed by atoms with Gasteiger partial charge >= 0.3 is 0 Å². The third-order valence-electron chi connectivity index (χ3n) is 2.00. The van der Waals surface area contributed by atoms with Crippen molar-refractivity contribution in [2.75, 3.05) is 0 Å². The van der Waals surface area contributed by atoms with E-state index in [-0.39, 0.29) is 0 Å². The normalized spacial score (nSPS) is 11.3. The zero-order valence-electron chi connectivity index (χ0n) is 8.22. The molecule has 2 heteroatoms. The molecular formula is C10H16NS+. The van der Waals surface area contributed by atoms with Gasteiger partial charge in [0, 0.05) is 13.8 Å². The summed E-state index contributed by atoms with van der Waals surface area (Å²) in [6, 6.07) is 0. The first kappa shape index (κ1) is 9.46. The van der Waals surface area contributed by atoms with Crippen LogP contribution in [-0.2, 0) is 0 Å². The molecule has 0 aliphatic rings. The van der Waals surface area contributed by atoms with Gasteiger partial charge in [-0.1, -0.05) is 18.3 Å². The monoisotopic (exact) mass is 182 g/mol. The van der Waals surface area contributed by atoms with Crippen molar-refractivity contribution in [1.82, 2.24) is 0 Å². The SMILES string of the molecule is CCC=C[n+]1c(C)sc(C)c1C. The molecule has 1 rings (SSSR count). The van der Waals surface area contributed by atoms with Gasteiger partial charge < -0.3 is 0 Å². The fourth-order valence-electron chi connectivity index (χ4n) is 1.18. The molecule has 0 saturated carbocycles. The standard InChI is InChI=1S/C10H16NS/c1-5-6-7-11-8(2)9(3)12-10(11)4/h6-7H,5H2,1-4H3/q+1. The average Bonchev–Trinajstić information content (AvgIpc) is 2.25. The first-order chi connectivity index (χ1) is 5.66. The van der Waals surface area contributed by atoms with Crippen LogP contribution in [0, 0.1) is 20.8 Å². The van der Waals surface area contributed by atoms with Gasteiger partial charge in [-0.25, -0.2) is 0 Å². The second-order valence-corrected chi connectivity index (χ2v) is 4.33. The van der Waals surface area contributed by atoms with Crippen molar-refractivity contribution in [2.24, 2.45) is 0 Å². The Kier molecular flexibility index (Phi) is 3.04. The van der Waals surface area contributed by atoms with Crippen LogP contribution in [0.25, 0.3) is 6.20 Å². The van der Waals surface area contributed by atoms with Gasteiger partial charge in [-0.2, -0.15) is 4.57 Å². The van der Waals surface area contributed by atoms with E-state index < -0.39 is 0 Å². The number of aromatic nitrogens is 1. The largest absolute Gasteiger partial charge is 0.239 e. The van der Waals surface area contributed by atoms with Crippen LogP contribution in [0.5, 0.6) is 0 Å². The van der Waals surface area contributed by atoms with Crippen LogP contribution in [0.15, 0.2) is 6.08 Å². The Morgan fingerprint density at radius 2 is 2.00 bits per heavy atom. The highest BCUT2D eigenvalue weighted by atomic mass is 32.1. The summed E-state index contributed by atoms with van der Waals surface area (Å²) in [7, 11) is 0. The molecule has 0 N–H and O–H groups in total. The van der Waals surface area contributed by atoms with Crippen molar-refractivity contribution in [3.8, 4) is 0 Å². The Morgan fingerprint density at radius 1 is 1.33 bits per heavy atom. The summed E-state index contributed by atoms with van der Waals surface area (Å²) >= 11 is 1.86. The van der Waals surface area contributed by atoms with Crippen LogP contribution in [0.2, 0.25) is 0 Å². The summed E-state index contributed by atoms with van der Waals surface area (Å²) in [5.41, 5.74) is 1.36. The third kappa shape index (κ3) is 1.75. The molecule has 0 aliphatic carbocycles. The summed E-state index contributed by atoms with van der Waals surface area (Å²) in [6.07, 6.45) is 5.45. The van der Waals surface area contributed by atoms with E-state index in [2.05, 4.69) is 44.5 Å². The second-order valence-electron chi connectivity index (χ2n) is 2.93. The lowest BCUT2D eigenvalue weighted by molar-refractivity contribution is -0.576. The van der Waals surface area contributed by atoms with Gasteiger partial charge in [0.1, 0.15) is 0 Å². The molecule has 0 spiro atoms. The number of hydrogen-bond acceptors (Lipinski definition) is 1. The summed E-state index contributed by atoms with van der Waals surface area (Å²) in [6.45, 7) is 8.65. The summed E-state index contributed by atoms with van der Waals surface area (Å²) < 4.78 is 2.25. The van der Waals surface area contributed by atoms with E-state index in [1.165, 1.54) is 15.6 Å². The number of nitrogens with zero attached hydrogens (tertiary/aromatic N) is 1. The minimum Gasteiger partial charge on any atom is -0.159 e. The first-order valence-corrected chi connectivity index (χ1v) is 5.13. The molecule has 0 atom stereocenters. The lowest BCUT2D eigenvalue weighted by Crippen LogP contribution is -2.29. The molecule has 0 aromatic carbocycles. The molecule has 0 aliphatic heterocycles. The molecule has 0 amide bonds. The van der Waals surface area contributed by atoms with E-state index >= 15 is 0 Å². The van der Waals surface area contributed by atoms with Gasteiger partial charge in [0.25, 0.3) is 0 Å². The number of thiazole rings is 1. The van der Waals surface area contributed by atoms with Gasteiger partial charge in [-0.05, 0) is 19.4 Å². The molecule has 1 aromatic heterocycles. The topological polar surface area (TPSA) is 3.88 Å². The van der Waals surface area contributed by atoms with E-state index in [9.17, 15) is 0 Å². The van der Waals surface area contributed by atoms with E-state index in [0.717, 1.165) is 6.42 Å². The van der Waals surface area contributed by atoms with Crippen molar-refractivity contribution in [1.29, 1.82) is 0 Å². The van der Waals surface area contributed by atoms with Crippen LogP contribution in [0.3, 0.4) is 0 Å². The summed E-state index contributed by atoms with van der Waals surface area (Å²) in [5.74, 6) is 0. The van der Waals surface area contributed by atoms with Crippen LogP contribution >= 0.6 is 11.3 Å². The number of aryl methyl sites for hydroxylation is 2. The summed E-state index contributed by atoms with van der Waals surface area (Å²) in [4.78, 5) is 1.41. The van der Waals surface area contributed by atoms with Gasteiger partial charge in [-0.15, -0.1) is 0 Å². The van der Waals surface area contributed by atoms with Crippen molar-refractivity contribution >= 4 is 17.5 Å². The van der Waals surface area contributed by atoms with Crippen molar-refractivity contribution < 1.29 is 4.57 Å². The Hall–Kier alpha value is -0.630. The van der Waals surface area contributed by atoms with Crippen LogP contribution in [0.4, 0.5) is 0 Å². The molecular weight excluding hydrogens is 166 g/mol. The van der Waals surface area contributed by atoms with E-state index in [1.807, 2.05) is 11.3 Å². The second kappa shape index (κ2) is 3.85. The maximum absolute atomic E-state index is 2.25. The maximum Gasteiger partial charge on any atom is 0.239 e. The Balaban J connectivity index is 3.05. The molecule has 66 valence electrons. The van der Waals surface area contributed by atoms with Crippen LogP contribution in [0.1, 0.15) is 28.9 Å². The maximum atomic E-state index is 2.25. The molecule has 0 radical (unpaired) electrons. The molecule has 12 heavy (non-hydrogen) atoms. The predicted molar refractivity (Wildman–Crippen MR) is 54.3 cm³/mol. The molecule has 1 aromatic rings. The van der Waals surface area contributed by atoms with Gasteiger partial charge in [0.15, 0.2) is 11.9 Å². The lowest BCUT2D eigenvalue weighted by Gasteiger charge is -1.86. The Labute approximate surface area is 78.4 Å². The van der Waals surface area contributed by atoms with Gasteiger partial charge in [0.05, 0.1) is 4.88 Å². The number of hydrogen-bond donors (Lipinski definition) is 0. The van der Waals surface area contributed by atoms with E-state index in [1.54, 1.807) is 0 Å². The highest BCUT2D eigenvalue weighted by Crippen LogP contribution is 2.13. The van der Waals surface area contributed by atoms with E-state index in [4.69, 9.17) is 0 Å². The average molecular weight is 182 g/mol. The van der Waals surface area contributed by atoms with Crippen LogP contribution < -0.4 is 4.57 Å². The predicted octanol–water partition coefficient (Wildman–Crippen LogP) is 2.84. The van der Waals surface area contributed by atoms with Crippen molar-refractivity contribution in [2.45, 2.75) is 34.1 Å². The van der Waals surface area contributed by atoms with Gasteiger partial charge in [-0.3, -0.25) is 0 Å². The van der Waals surface area contributed by atoms with Gasteiger partial charge in [0.2, 0.25) is 5.01 Å². The highest BCUT2D eigenvalue weighted by molar-refractivity contribution is 7.11. The molecule has 0 unspecified atom stereocenters. The molecule has 1 heterocycles. The van der Waals surface area contributed by atoms with Crippen molar-refractivity contribution in [3.63, 3.8) is 0 Å². The van der Waals surface area contributed by atoms with Crippen molar-refractivity contribution in [3.05, 3.63) is 21.7 Å². The molecule has 0 bridgehead atoms. The summed E-state index contributed by atoms with van der Waals surface area (Å²) in [5, 5.41) is 1.36. The molecule has 1 nitrogen and oxygen atoms in total. The molecule has 0 saturated heterocycles. The molecule has 0 fully saturated rings. The smallest absolute Gasteiger partial charge is 0.159 e. The fourth-order valence-corrected chi connectivity index (χ4v) is 2.16. The zero-order chi connectivity index (χ0) is 9.14. The number of rotatable bonds is 2. The lowest BCUT2D eigenvalue weighted by atomic mass is 10.4. The first-order valence-electron chi connectivity index (χ1n) is 4.31. The zero-order valence-corrected chi connectivity index (χ0v) is 9.03. The quantitative estimate of drug-likeness (QED) is 0.619. The Bertz CT molecular complexity index is 297. The van der Waals surface area contributed by atoms with Crippen LogP contribution in [-0.4, -0.2) is 0 Å². The minimum absolute atomic E-state index is 1.10. The minimum atomic E-state index is 1.10.